The van der Waals surface area contributed by atoms with Crippen LogP contribution in [0.15, 0.2) is 66.2 Å². The van der Waals surface area contributed by atoms with E-state index >= 15 is 0 Å². The molecule has 7 nitrogen and oxygen atoms in total. The van der Waals surface area contributed by atoms with E-state index in [1.807, 2.05) is 18.2 Å². The molecule has 0 spiro atoms. The molecule has 0 bridgehead atoms. The maximum Gasteiger partial charge on any atom is 0.244 e. The van der Waals surface area contributed by atoms with E-state index in [1.54, 1.807) is 30.0 Å². The molecule has 3 heterocycles. The van der Waals surface area contributed by atoms with Gasteiger partial charge in [0.25, 0.3) is 0 Å². The van der Waals surface area contributed by atoms with Gasteiger partial charge in [0.1, 0.15) is 10.6 Å². The Morgan fingerprint density at radius 1 is 1.24 bits per heavy atom. The van der Waals surface area contributed by atoms with Gasteiger partial charge < -0.3 is 10.1 Å². The monoisotopic (exact) mass is 431 g/mol. The van der Waals surface area contributed by atoms with Crippen LogP contribution in [-0.4, -0.2) is 47.3 Å². The van der Waals surface area contributed by atoms with E-state index in [0.717, 1.165) is 6.42 Å². The molecule has 0 saturated carbocycles. The number of rotatable bonds is 6. The highest BCUT2D eigenvalue weighted by Gasteiger charge is 2.45. The highest BCUT2D eigenvalue weighted by atomic mass is 32.2. The lowest BCUT2D eigenvalue weighted by Crippen LogP contribution is -2.33. The van der Waals surface area contributed by atoms with Gasteiger partial charge in [0, 0.05) is 24.4 Å². The number of fused-ring (bicyclic) bond motifs is 1. The molecule has 2 aromatic rings. The second-order valence-electron chi connectivity index (χ2n) is 6.94. The zero-order valence-corrected chi connectivity index (χ0v) is 17.2. The Bertz CT molecular complexity index is 982. The quantitative estimate of drug-likeness (QED) is 0.708. The van der Waals surface area contributed by atoms with Crippen molar-refractivity contribution in [2.75, 3.05) is 13.1 Å². The summed E-state index contributed by atoms with van der Waals surface area (Å²) in [7, 11) is -3.62. The minimum Gasteiger partial charge on any atom is -0.439 e. The Labute approximate surface area is 174 Å². The standard InChI is InChI=1S/C20H21N3O4S2/c1-2-18(24)22-20-10-14-12-23(13-17(14)28-20)29(25,26)16-8-9-19(21-11-16)27-15-6-4-3-5-7-15/h2-9,11,14,17,20H,1,10,12-13H2,(H,22,24). The fourth-order valence-corrected chi connectivity index (χ4v) is 6.78. The molecule has 1 amide bonds. The van der Waals surface area contributed by atoms with Gasteiger partial charge in [0.15, 0.2) is 0 Å². The predicted molar refractivity (Wildman–Crippen MR) is 111 cm³/mol. The number of nitrogens with one attached hydrogen (secondary N) is 1. The van der Waals surface area contributed by atoms with Crippen molar-refractivity contribution in [2.45, 2.75) is 21.9 Å². The Balaban J connectivity index is 1.40. The van der Waals surface area contributed by atoms with E-state index in [2.05, 4.69) is 16.9 Å². The van der Waals surface area contributed by atoms with Gasteiger partial charge in [0.2, 0.25) is 21.8 Å². The van der Waals surface area contributed by atoms with Gasteiger partial charge in [-0.3, -0.25) is 4.79 Å². The number of thioether (sulfide) groups is 1. The van der Waals surface area contributed by atoms with Gasteiger partial charge in [-0.25, -0.2) is 13.4 Å². The minimum atomic E-state index is -3.62. The molecule has 3 unspecified atom stereocenters. The summed E-state index contributed by atoms with van der Waals surface area (Å²) in [6.07, 6.45) is 3.34. The number of hydrogen-bond acceptors (Lipinski definition) is 6. The topological polar surface area (TPSA) is 88.6 Å². The number of carbonyl (C=O) groups is 1. The Morgan fingerprint density at radius 3 is 2.69 bits per heavy atom. The van der Waals surface area contributed by atoms with Crippen LogP contribution in [0.5, 0.6) is 11.6 Å². The fourth-order valence-electron chi connectivity index (χ4n) is 3.57. The number of sulfonamides is 1. The van der Waals surface area contributed by atoms with Crippen molar-refractivity contribution in [1.82, 2.24) is 14.6 Å². The number of hydrogen-bond donors (Lipinski definition) is 1. The van der Waals surface area contributed by atoms with Crippen LogP contribution < -0.4 is 10.1 Å². The molecule has 4 rings (SSSR count). The maximum atomic E-state index is 13.0. The lowest BCUT2D eigenvalue weighted by molar-refractivity contribution is -0.116. The normalized spacial score (nSPS) is 24.1. The third kappa shape index (κ3) is 4.31. The van der Waals surface area contributed by atoms with Crippen molar-refractivity contribution >= 4 is 27.7 Å². The number of aromatic nitrogens is 1. The highest BCUT2D eigenvalue weighted by molar-refractivity contribution is 8.00. The second kappa shape index (κ2) is 8.17. The van der Waals surface area contributed by atoms with Gasteiger partial charge in [-0.15, -0.1) is 11.8 Å². The average Bonchev–Trinajstić information content (AvgIpc) is 3.28. The van der Waals surface area contributed by atoms with Gasteiger partial charge in [0.05, 0.1) is 11.6 Å². The number of pyridine rings is 1. The molecule has 0 radical (unpaired) electrons. The number of ether oxygens (including phenoxy) is 1. The summed E-state index contributed by atoms with van der Waals surface area (Å²) in [6, 6.07) is 12.3. The summed E-state index contributed by atoms with van der Waals surface area (Å²) in [5, 5.41) is 3.07. The van der Waals surface area contributed by atoms with Gasteiger partial charge in [-0.05, 0) is 36.6 Å². The molecule has 0 aliphatic carbocycles. The number of amides is 1. The summed E-state index contributed by atoms with van der Waals surface area (Å²) < 4.78 is 33.1. The van der Waals surface area contributed by atoms with Crippen molar-refractivity contribution in [3.63, 3.8) is 0 Å². The summed E-state index contributed by atoms with van der Waals surface area (Å²) in [4.78, 5) is 15.8. The molecule has 1 aromatic heterocycles. The van der Waals surface area contributed by atoms with Gasteiger partial charge >= 0.3 is 0 Å². The molecular weight excluding hydrogens is 410 g/mol. The van der Waals surface area contributed by atoms with Crippen LogP contribution in [0.2, 0.25) is 0 Å². The lowest BCUT2D eigenvalue weighted by Gasteiger charge is -2.19. The number of carbonyl (C=O) groups excluding carboxylic acids is 1. The molecule has 2 aliphatic heterocycles. The lowest BCUT2D eigenvalue weighted by atomic mass is 10.1. The maximum absolute atomic E-state index is 13.0. The molecule has 1 aromatic carbocycles. The largest absolute Gasteiger partial charge is 0.439 e. The van der Waals surface area contributed by atoms with Crippen LogP contribution in [0.4, 0.5) is 0 Å². The van der Waals surface area contributed by atoms with Crippen molar-refractivity contribution in [2.24, 2.45) is 5.92 Å². The first kappa shape index (κ1) is 19.9. The van der Waals surface area contributed by atoms with Crippen molar-refractivity contribution in [1.29, 1.82) is 0 Å². The van der Waals surface area contributed by atoms with Crippen molar-refractivity contribution < 1.29 is 17.9 Å². The molecular formula is C20H21N3O4S2. The smallest absolute Gasteiger partial charge is 0.244 e. The first-order valence-electron chi connectivity index (χ1n) is 9.23. The molecule has 2 saturated heterocycles. The zero-order valence-electron chi connectivity index (χ0n) is 15.6. The SMILES string of the molecule is C=CC(=O)NC1CC2CN(S(=O)(=O)c3ccc(Oc4ccccc4)nc3)CC2S1. The van der Waals surface area contributed by atoms with Gasteiger partial charge in [-0.1, -0.05) is 24.8 Å². The molecule has 2 fully saturated rings. The number of para-hydroxylation sites is 1. The van der Waals surface area contributed by atoms with Crippen molar-refractivity contribution in [3.05, 3.63) is 61.3 Å². The molecule has 3 atom stereocenters. The van der Waals surface area contributed by atoms with E-state index in [0.29, 0.717) is 24.7 Å². The molecule has 9 heteroatoms. The van der Waals surface area contributed by atoms with E-state index in [9.17, 15) is 13.2 Å². The summed E-state index contributed by atoms with van der Waals surface area (Å²) in [6.45, 7) is 4.34. The molecule has 29 heavy (non-hydrogen) atoms. The molecule has 152 valence electrons. The molecule has 1 N–H and O–H groups in total. The Morgan fingerprint density at radius 2 is 2.03 bits per heavy atom. The van der Waals surface area contributed by atoms with Gasteiger partial charge in [-0.2, -0.15) is 4.31 Å². The van der Waals surface area contributed by atoms with Crippen LogP contribution in [-0.2, 0) is 14.8 Å². The van der Waals surface area contributed by atoms with Crippen LogP contribution >= 0.6 is 11.8 Å². The van der Waals surface area contributed by atoms with Crippen LogP contribution in [0.1, 0.15) is 6.42 Å². The van der Waals surface area contributed by atoms with Crippen LogP contribution in [0.25, 0.3) is 0 Å². The first-order chi connectivity index (χ1) is 14.0. The minimum absolute atomic E-state index is 0.0106. The third-order valence-corrected chi connectivity index (χ3v) is 8.34. The summed E-state index contributed by atoms with van der Waals surface area (Å²) in [5.41, 5.74) is 0. The van der Waals surface area contributed by atoms with Crippen molar-refractivity contribution in [3.8, 4) is 11.6 Å². The Kier molecular flexibility index (Phi) is 5.62. The Hall–Kier alpha value is -2.36. The predicted octanol–water partition coefficient (Wildman–Crippen LogP) is 2.63. The highest BCUT2D eigenvalue weighted by Crippen LogP contribution is 2.43. The van der Waals surface area contributed by atoms with Crippen LogP contribution in [0.3, 0.4) is 0 Å². The van der Waals surface area contributed by atoms with Crippen LogP contribution in [0, 0.1) is 5.92 Å². The van der Waals surface area contributed by atoms with E-state index < -0.39 is 10.0 Å². The fraction of sp³-hybridized carbons (Fsp3) is 0.300. The zero-order chi connectivity index (χ0) is 20.4. The van der Waals surface area contributed by atoms with E-state index in [1.165, 1.54) is 22.6 Å². The third-order valence-electron chi connectivity index (χ3n) is 5.00. The first-order valence-corrected chi connectivity index (χ1v) is 11.6. The summed E-state index contributed by atoms with van der Waals surface area (Å²) in [5.74, 6) is 0.997. The van der Waals surface area contributed by atoms with E-state index in [4.69, 9.17) is 4.74 Å². The van der Waals surface area contributed by atoms with E-state index in [-0.39, 0.29) is 27.3 Å². The number of nitrogens with zero attached hydrogens (tertiary/aromatic N) is 2. The second-order valence-corrected chi connectivity index (χ2v) is 10.3. The number of benzene rings is 1. The molecule has 2 aliphatic rings. The summed E-state index contributed by atoms with van der Waals surface area (Å²) >= 11 is 1.62. The average molecular weight is 432 g/mol.